The lowest BCUT2D eigenvalue weighted by Gasteiger charge is -2.25. The minimum absolute atomic E-state index is 0.0982. The summed E-state index contributed by atoms with van der Waals surface area (Å²) in [5, 5.41) is 15.9. The number of nitrogens with one attached hydrogen (secondary N) is 2. The van der Waals surface area contributed by atoms with E-state index in [0.717, 1.165) is 33.3 Å². The van der Waals surface area contributed by atoms with Crippen molar-refractivity contribution in [2.75, 3.05) is 11.1 Å². The highest BCUT2D eigenvalue weighted by Crippen LogP contribution is 2.36. The Hall–Kier alpha value is -2.56. The second-order valence-corrected chi connectivity index (χ2v) is 8.92. The van der Waals surface area contributed by atoms with E-state index in [4.69, 9.17) is 0 Å². The van der Waals surface area contributed by atoms with Gasteiger partial charge in [0.05, 0.1) is 22.4 Å². The second kappa shape index (κ2) is 9.96. The normalized spacial score (nSPS) is 16.1. The molecule has 0 aliphatic carbocycles. The predicted octanol–water partition coefficient (Wildman–Crippen LogP) is 5.03. The fourth-order valence-corrected chi connectivity index (χ4v) is 4.98. The number of halogens is 1. The van der Waals surface area contributed by atoms with E-state index in [-0.39, 0.29) is 29.9 Å². The van der Waals surface area contributed by atoms with Gasteiger partial charge in [0.2, 0.25) is 11.8 Å². The third-order valence-electron chi connectivity index (χ3n) is 4.93. The van der Waals surface area contributed by atoms with E-state index < -0.39 is 0 Å². The van der Waals surface area contributed by atoms with Gasteiger partial charge in [0.15, 0.2) is 0 Å². The zero-order chi connectivity index (χ0) is 21.7. The van der Waals surface area contributed by atoms with Crippen LogP contribution in [0.15, 0.2) is 57.5 Å². The van der Waals surface area contributed by atoms with Gasteiger partial charge in [-0.3, -0.25) is 9.59 Å². The number of carbonyl (C=O) groups excluding carboxylic acids is 2. The molecule has 5 nitrogen and oxygen atoms in total. The van der Waals surface area contributed by atoms with Crippen molar-refractivity contribution in [3.63, 3.8) is 0 Å². The molecule has 0 aromatic heterocycles. The quantitative estimate of drug-likeness (QED) is 0.603. The average molecular weight is 484 g/mol. The molecule has 0 unspecified atom stereocenters. The first kappa shape index (κ1) is 22.1. The van der Waals surface area contributed by atoms with Crippen molar-refractivity contribution in [1.29, 1.82) is 5.26 Å². The van der Waals surface area contributed by atoms with Gasteiger partial charge < -0.3 is 10.6 Å². The molecule has 2 N–H and O–H groups in total. The Morgan fingerprint density at radius 3 is 2.73 bits per heavy atom. The highest BCUT2D eigenvalue weighted by molar-refractivity contribution is 9.10. The van der Waals surface area contributed by atoms with Crippen LogP contribution in [0.5, 0.6) is 0 Å². The van der Waals surface area contributed by atoms with E-state index in [2.05, 4.69) is 32.6 Å². The van der Waals surface area contributed by atoms with Gasteiger partial charge in [-0.25, -0.2) is 0 Å². The lowest BCUT2D eigenvalue weighted by atomic mass is 9.87. The van der Waals surface area contributed by atoms with Gasteiger partial charge in [0.25, 0.3) is 0 Å². The Labute approximate surface area is 189 Å². The van der Waals surface area contributed by atoms with Crippen molar-refractivity contribution in [3.05, 3.63) is 74.2 Å². The summed E-state index contributed by atoms with van der Waals surface area (Å²) < 4.78 is 0.977. The largest absolute Gasteiger partial charge is 0.325 e. The Balaban J connectivity index is 1.77. The molecule has 0 saturated carbocycles. The molecule has 3 rings (SSSR count). The molecular formula is C23H22BrN3O2S. The van der Waals surface area contributed by atoms with Crippen LogP contribution in [-0.2, 0) is 16.0 Å². The second-order valence-electron chi connectivity index (χ2n) is 7.02. The molecule has 0 radical (unpaired) electrons. The van der Waals surface area contributed by atoms with Crippen LogP contribution in [0.3, 0.4) is 0 Å². The Morgan fingerprint density at radius 1 is 1.33 bits per heavy atom. The molecule has 1 aliphatic rings. The number of hydrogen-bond acceptors (Lipinski definition) is 4. The molecule has 0 saturated heterocycles. The molecule has 0 bridgehead atoms. The summed E-state index contributed by atoms with van der Waals surface area (Å²) in [6, 6.07) is 15.7. The number of nitriles is 1. The number of thioether (sulfide) groups is 1. The molecule has 7 heteroatoms. The molecule has 154 valence electrons. The summed E-state index contributed by atoms with van der Waals surface area (Å²) in [7, 11) is 0. The summed E-state index contributed by atoms with van der Waals surface area (Å²) in [5.74, 6) is -0.527. The van der Waals surface area contributed by atoms with E-state index in [9.17, 15) is 14.9 Å². The van der Waals surface area contributed by atoms with E-state index in [0.29, 0.717) is 10.6 Å². The maximum absolute atomic E-state index is 12.6. The van der Waals surface area contributed by atoms with Gasteiger partial charge in [-0.1, -0.05) is 64.9 Å². The van der Waals surface area contributed by atoms with Crippen LogP contribution in [0, 0.1) is 18.3 Å². The zero-order valence-corrected chi connectivity index (χ0v) is 19.2. The lowest BCUT2D eigenvalue weighted by Crippen LogP contribution is -2.31. The number of carbonyl (C=O) groups is 2. The Morgan fingerprint density at radius 2 is 2.07 bits per heavy atom. The van der Waals surface area contributed by atoms with Crippen LogP contribution in [0.1, 0.15) is 36.0 Å². The van der Waals surface area contributed by atoms with Crippen molar-refractivity contribution < 1.29 is 9.59 Å². The van der Waals surface area contributed by atoms with Gasteiger partial charge in [0, 0.05) is 22.5 Å². The van der Waals surface area contributed by atoms with E-state index in [1.165, 1.54) is 11.8 Å². The van der Waals surface area contributed by atoms with Gasteiger partial charge in [-0.2, -0.15) is 5.26 Å². The number of hydrogen-bond donors (Lipinski definition) is 2. The van der Waals surface area contributed by atoms with E-state index >= 15 is 0 Å². The summed E-state index contributed by atoms with van der Waals surface area (Å²) >= 11 is 4.67. The highest BCUT2D eigenvalue weighted by atomic mass is 79.9. The fourth-order valence-electron chi connectivity index (χ4n) is 3.49. The monoisotopic (exact) mass is 483 g/mol. The van der Waals surface area contributed by atoms with Crippen molar-refractivity contribution in [2.24, 2.45) is 0 Å². The Kier molecular flexibility index (Phi) is 7.35. The maximum Gasteiger partial charge on any atom is 0.234 e. The molecule has 30 heavy (non-hydrogen) atoms. The predicted molar refractivity (Wildman–Crippen MR) is 124 cm³/mol. The molecule has 2 amide bonds. The molecule has 2 aromatic rings. The molecule has 0 spiro atoms. The topological polar surface area (TPSA) is 82.0 Å². The zero-order valence-electron chi connectivity index (χ0n) is 16.8. The van der Waals surface area contributed by atoms with Crippen LogP contribution in [0.25, 0.3) is 0 Å². The number of rotatable bonds is 6. The molecule has 1 aliphatic heterocycles. The van der Waals surface area contributed by atoms with Gasteiger partial charge in [0.1, 0.15) is 0 Å². The van der Waals surface area contributed by atoms with Crippen LogP contribution in [0.4, 0.5) is 5.69 Å². The van der Waals surface area contributed by atoms with E-state index in [1.807, 2.05) is 56.3 Å². The number of allylic oxidation sites excluding steroid dienone is 1. The van der Waals surface area contributed by atoms with E-state index in [1.54, 1.807) is 0 Å². The Bertz CT molecular complexity index is 1040. The molecular weight excluding hydrogens is 462 g/mol. The third kappa shape index (κ3) is 5.13. The lowest BCUT2D eigenvalue weighted by molar-refractivity contribution is -0.121. The maximum atomic E-state index is 12.6. The first-order valence-corrected chi connectivity index (χ1v) is 11.4. The van der Waals surface area contributed by atoms with Crippen LogP contribution < -0.4 is 10.6 Å². The van der Waals surface area contributed by atoms with Gasteiger partial charge in [-0.05, 0) is 42.2 Å². The first-order chi connectivity index (χ1) is 14.4. The summed E-state index contributed by atoms with van der Waals surface area (Å²) in [6.45, 7) is 3.99. The average Bonchev–Trinajstić information content (AvgIpc) is 2.74. The first-order valence-electron chi connectivity index (χ1n) is 9.63. The SMILES string of the molecule is CCc1cc(Br)cc(C)c1NC(=O)CSC1=C(C#N)[C@@H](c2ccccc2)CC(=O)N1. The minimum atomic E-state index is -0.295. The van der Waals surface area contributed by atoms with Crippen LogP contribution in [-0.4, -0.2) is 17.6 Å². The van der Waals surface area contributed by atoms with Crippen molar-refractivity contribution >= 4 is 45.2 Å². The molecule has 1 atom stereocenters. The number of nitrogens with zero attached hydrogens (tertiary/aromatic N) is 1. The van der Waals surface area contributed by atoms with Crippen molar-refractivity contribution in [3.8, 4) is 6.07 Å². The number of benzene rings is 2. The molecule has 0 fully saturated rings. The summed E-state index contributed by atoms with van der Waals surface area (Å²) in [6.07, 6.45) is 1.02. The molecule has 1 heterocycles. The smallest absolute Gasteiger partial charge is 0.234 e. The highest BCUT2D eigenvalue weighted by Gasteiger charge is 2.29. The fraction of sp³-hybridized carbons (Fsp3) is 0.261. The van der Waals surface area contributed by atoms with Crippen molar-refractivity contribution in [1.82, 2.24) is 5.32 Å². The van der Waals surface area contributed by atoms with Crippen molar-refractivity contribution in [2.45, 2.75) is 32.6 Å². The summed E-state index contributed by atoms with van der Waals surface area (Å²) in [5.41, 5.74) is 4.26. The van der Waals surface area contributed by atoms with Gasteiger partial charge in [-0.15, -0.1) is 0 Å². The standard InChI is InChI=1S/C23H22BrN3O2S/c1-3-15-10-17(24)9-14(2)22(15)26-21(29)13-30-23-19(12-25)18(11-20(28)27-23)16-7-5-4-6-8-16/h4-10,18H,3,11,13H2,1-2H3,(H,26,29)(H,27,28)/t18-/m1/s1. The number of anilines is 1. The van der Waals surface area contributed by atoms with Crippen LogP contribution >= 0.6 is 27.7 Å². The van der Waals surface area contributed by atoms with Crippen LogP contribution in [0.2, 0.25) is 0 Å². The van der Waals surface area contributed by atoms with Gasteiger partial charge >= 0.3 is 0 Å². The number of aryl methyl sites for hydroxylation is 2. The minimum Gasteiger partial charge on any atom is -0.325 e. The number of amides is 2. The third-order valence-corrected chi connectivity index (χ3v) is 6.41. The molecule has 2 aromatic carbocycles. The summed E-state index contributed by atoms with van der Waals surface area (Å²) in [4.78, 5) is 24.9.